The van der Waals surface area contributed by atoms with Gasteiger partial charge in [-0.25, -0.2) is 4.79 Å². The Morgan fingerprint density at radius 1 is 1.59 bits per heavy atom. The second kappa shape index (κ2) is 6.21. The van der Waals surface area contributed by atoms with Gasteiger partial charge in [0.1, 0.15) is 0 Å². The average molecular weight is 243 g/mol. The van der Waals surface area contributed by atoms with Gasteiger partial charge in [-0.05, 0) is 25.7 Å². The van der Waals surface area contributed by atoms with Crippen molar-refractivity contribution in [3.05, 3.63) is 0 Å². The van der Waals surface area contributed by atoms with Crippen LogP contribution in [0.2, 0.25) is 0 Å². The molecule has 100 valence electrons. The molecule has 4 N–H and O–H groups in total. The molecule has 2 amide bonds. The molecule has 2 unspecified atom stereocenters. The van der Waals surface area contributed by atoms with Gasteiger partial charge in [0.25, 0.3) is 0 Å². The summed E-state index contributed by atoms with van der Waals surface area (Å²) < 4.78 is 5.21. The maximum atomic E-state index is 11.8. The van der Waals surface area contributed by atoms with Crippen LogP contribution in [-0.4, -0.2) is 37.4 Å². The summed E-state index contributed by atoms with van der Waals surface area (Å²) in [7, 11) is 0. The molecule has 2 atom stereocenters. The molecule has 0 bridgehead atoms. The zero-order valence-corrected chi connectivity index (χ0v) is 11.1. The summed E-state index contributed by atoms with van der Waals surface area (Å²) >= 11 is 0. The Hall–Kier alpha value is -0.810. The molecule has 0 aliphatic carbocycles. The predicted molar refractivity (Wildman–Crippen MR) is 67.8 cm³/mol. The van der Waals surface area contributed by atoms with Crippen LogP contribution in [0.25, 0.3) is 0 Å². The van der Waals surface area contributed by atoms with Gasteiger partial charge in [-0.1, -0.05) is 13.8 Å². The lowest BCUT2D eigenvalue weighted by molar-refractivity contribution is 0.186. The van der Waals surface area contributed by atoms with E-state index >= 15 is 0 Å². The van der Waals surface area contributed by atoms with Crippen LogP contribution in [0.4, 0.5) is 4.79 Å². The molecule has 0 radical (unpaired) electrons. The van der Waals surface area contributed by atoms with Gasteiger partial charge in [0.2, 0.25) is 0 Å². The number of ether oxygens (including phenoxy) is 1. The molecule has 1 aliphatic heterocycles. The molecule has 0 aromatic heterocycles. The van der Waals surface area contributed by atoms with Crippen LogP contribution in [0.15, 0.2) is 0 Å². The molecule has 0 aromatic carbocycles. The largest absolute Gasteiger partial charge is 0.379 e. The van der Waals surface area contributed by atoms with Crippen LogP contribution in [0.1, 0.15) is 33.6 Å². The standard InChI is InChI=1S/C12H25N3O2/c1-9(2)6-12(3,8-13)15-11(16)14-10-4-5-17-7-10/h9-10H,4-8,13H2,1-3H3,(H2,14,15,16). The number of nitrogens with one attached hydrogen (secondary N) is 2. The van der Waals surface area contributed by atoms with Crippen molar-refractivity contribution in [2.45, 2.75) is 45.2 Å². The highest BCUT2D eigenvalue weighted by Gasteiger charge is 2.27. The van der Waals surface area contributed by atoms with Gasteiger partial charge in [-0.15, -0.1) is 0 Å². The van der Waals surface area contributed by atoms with Crippen molar-refractivity contribution in [2.24, 2.45) is 11.7 Å². The van der Waals surface area contributed by atoms with Crippen molar-refractivity contribution in [3.63, 3.8) is 0 Å². The highest BCUT2D eigenvalue weighted by molar-refractivity contribution is 5.75. The number of carbonyl (C=O) groups excluding carboxylic acids is 1. The molecule has 1 fully saturated rings. The van der Waals surface area contributed by atoms with Gasteiger partial charge in [0, 0.05) is 13.2 Å². The molecule has 0 aromatic rings. The van der Waals surface area contributed by atoms with Crippen molar-refractivity contribution in [1.29, 1.82) is 0 Å². The van der Waals surface area contributed by atoms with Crippen LogP contribution in [0, 0.1) is 5.92 Å². The van der Waals surface area contributed by atoms with Crippen LogP contribution in [0.5, 0.6) is 0 Å². The van der Waals surface area contributed by atoms with Gasteiger partial charge in [-0.3, -0.25) is 0 Å². The Kier molecular flexibility index (Phi) is 5.21. The summed E-state index contributed by atoms with van der Waals surface area (Å²) in [5, 5.41) is 5.88. The Morgan fingerprint density at radius 3 is 2.76 bits per heavy atom. The van der Waals surface area contributed by atoms with Crippen molar-refractivity contribution < 1.29 is 9.53 Å². The summed E-state index contributed by atoms with van der Waals surface area (Å²) in [6, 6.07) is -0.00910. The van der Waals surface area contributed by atoms with Gasteiger partial charge in [-0.2, -0.15) is 0 Å². The van der Waals surface area contributed by atoms with E-state index in [0.29, 0.717) is 19.1 Å². The first-order chi connectivity index (χ1) is 7.95. The molecule has 1 aliphatic rings. The number of nitrogens with two attached hydrogens (primary N) is 1. The number of urea groups is 1. The van der Waals surface area contributed by atoms with E-state index in [9.17, 15) is 4.79 Å². The van der Waals surface area contributed by atoms with Crippen LogP contribution in [-0.2, 0) is 4.74 Å². The molecule has 1 rings (SSSR count). The Morgan fingerprint density at radius 2 is 2.29 bits per heavy atom. The van der Waals surface area contributed by atoms with Crippen molar-refractivity contribution in [3.8, 4) is 0 Å². The van der Waals surface area contributed by atoms with E-state index in [1.54, 1.807) is 0 Å². The van der Waals surface area contributed by atoms with E-state index < -0.39 is 0 Å². The van der Waals surface area contributed by atoms with E-state index in [4.69, 9.17) is 10.5 Å². The Labute approximate surface area is 103 Å². The van der Waals surface area contributed by atoms with Crippen molar-refractivity contribution in [1.82, 2.24) is 10.6 Å². The number of rotatable bonds is 5. The second-order valence-electron chi connectivity index (χ2n) is 5.52. The zero-order valence-electron chi connectivity index (χ0n) is 11.1. The van der Waals surface area contributed by atoms with E-state index in [-0.39, 0.29) is 17.6 Å². The Balaban J connectivity index is 2.40. The first-order valence-electron chi connectivity index (χ1n) is 6.31. The summed E-state index contributed by atoms with van der Waals surface area (Å²) in [6.45, 7) is 8.01. The number of carbonyl (C=O) groups is 1. The molecule has 5 nitrogen and oxygen atoms in total. The summed E-state index contributed by atoms with van der Waals surface area (Å²) in [6.07, 6.45) is 1.76. The first kappa shape index (κ1) is 14.3. The third kappa shape index (κ3) is 4.91. The van der Waals surface area contributed by atoms with Crippen molar-refractivity contribution >= 4 is 6.03 Å². The lowest BCUT2D eigenvalue weighted by Gasteiger charge is -2.31. The fraction of sp³-hybridized carbons (Fsp3) is 0.917. The SMILES string of the molecule is CC(C)CC(C)(CN)NC(=O)NC1CCOC1. The third-order valence-electron chi connectivity index (χ3n) is 2.99. The summed E-state index contributed by atoms with van der Waals surface area (Å²) in [4.78, 5) is 11.8. The molecule has 1 heterocycles. The average Bonchev–Trinajstić information content (AvgIpc) is 2.68. The first-order valence-corrected chi connectivity index (χ1v) is 6.31. The summed E-state index contributed by atoms with van der Waals surface area (Å²) in [5.41, 5.74) is 5.41. The minimum Gasteiger partial charge on any atom is -0.379 e. The Bertz CT molecular complexity index is 252. The molecule has 0 saturated carbocycles. The fourth-order valence-electron chi connectivity index (χ4n) is 2.23. The lowest BCUT2D eigenvalue weighted by atomic mass is 9.91. The predicted octanol–water partition coefficient (Wildman–Crippen LogP) is 0.838. The minimum absolute atomic E-state index is 0.135. The highest BCUT2D eigenvalue weighted by Crippen LogP contribution is 2.15. The summed E-state index contributed by atoms with van der Waals surface area (Å²) in [5.74, 6) is 0.499. The third-order valence-corrected chi connectivity index (χ3v) is 2.99. The maximum Gasteiger partial charge on any atom is 0.315 e. The maximum absolute atomic E-state index is 11.8. The van der Waals surface area contributed by atoms with Crippen LogP contribution >= 0.6 is 0 Å². The number of amides is 2. The molecule has 1 saturated heterocycles. The molecule has 17 heavy (non-hydrogen) atoms. The zero-order chi connectivity index (χ0) is 12.9. The molecular weight excluding hydrogens is 218 g/mol. The van der Waals surface area contributed by atoms with Gasteiger partial charge in [0.05, 0.1) is 18.2 Å². The normalized spacial score (nSPS) is 23.5. The number of hydrogen-bond acceptors (Lipinski definition) is 3. The highest BCUT2D eigenvalue weighted by atomic mass is 16.5. The topological polar surface area (TPSA) is 76.4 Å². The molecule has 0 spiro atoms. The minimum atomic E-state index is -0.336. The van der Waals surface area contributed by atoms with E-state index in [1.165, 1.54) is 0 Å². The van der Waals surface area contributed by atoms with Crippen LogP contribution < -0.4 is 16.4 Å². The van der Waals surface area contributed by atoms with Crippen molar-refractivity contribution in [2.75, 3.05) is 19.8 Å². The molecular formula is C12H25N3O2. The second-order valence-corrected chi connectivity index (χ2v) is 5.52. The monoisotopic (exact) mass is 243 g/mol. The van der Waals surface area contributed by atoms with E-state index in [1.807, 2.05) is 6.92 Å². The fourth-order valence-corrected chi connectivity index (χ4v) is 2.23. The van der Waals surface area contributed by atoms with Crippen LogP contribution in [0.3, 0.4) is 0 Å². The smallest absolute Gasteiger partial charge is 0.315 e. The van der Waals surface area contributed by atoms with Gasteiger partial charge >= 0.3 is 6.03 Å². The number of hydrogen-bond donors (Lipinski definition) is 3. The quantitative estimate of drug-likeness (QED) is 0.669. The van der Waals surface area contributed by atoms with Gasteiger partial charge in [0.15, 0.2) is 0 Å². The van der Waals surface area contributed by atoms with Gasteiger partial charge < -0.3 is 21.1 Å². The molecule has 5 heteroatoms. The lowest BCUT2D eigenvalue weighted by Crippen LogP contribution is -2.56. The van der Waals surface area contributed by atoms with E-state index in [2.05, 4.69) is 24.5 Å². The van der Waals surface area contributed by atoms with E-state index in [0.717, 1.165) is 19.4 Å².